The Morgan fingerprint density at radius 2 is 0.931 bits per heavy atom. The first-order valence-corrected chi connectivity index (χ1v) is 10.1. The highest BCUT2D eigenvalue weighted by Gasteiger charge is 2.70. The lowest BCUT2D eigenvalue weighted by Crippen LogP contribution is -2.59. The molecule has 0 spiro atoms. The Bertz CT molecular complexity index is 1070. The summed E-state index contributed by atoms with van der Waals surface area (Å²) in [5.74, 6) is -0.956. The maximum Gasteiger partial charge on any atom is 0.238 e. The van der Waals surface area contributed by atoms with E-state index in [1.165, 1.54) is 27.2 Å². The Morgan fingerprint density at radius 1 is 0.586 bits per heavy atom. The lowest BCUT2D eigenvalue weighted by atomic mass is 9.42. The summed E-state index contributed by atoms with van der Waals surface area (Å²) in [4.78, 5) is 29.1. The minimum atomic E-state index is -0.522. The smallest absolute Gasteiger partial charge is 0.238 e. The van der Waals surface area contributed by atoms with Crippen LogP contribution in [0.1, 0.15) is 36.1 Å². The quantitative estimate of drug-likeness (QED) is 0.587. The molecule has 0 saturated carbocycles. The summed E-state index contributed by atoms with van der Waals surface area (Å²) in [6, 6.07) is 26.1. The van der Waals surface area contributed by atoms with Crippen LogP contribution >= 0.6 is 0 Å². The average Bonchev–Trinajstić information content (AvgIpc) is 3.04. The second-order valence-electron chi connectivity index (χ2n) is 8.80. The number of hydrogen-bond donors (Lipinski definition) is 0. The van der Waals surface area contributed by atoms with Crippen molar-refractivity contribution in [1.29, 1.82) is 0 Å². The highest BCUT2D eigenvalue weighted by Crippen LogP contribution is 2.66. The van der Waals surface area contributed by atoms with Gasteiger partial charge in [0.05, 0.1) is 17.5 Å². The molecule has 3 aromatic carbocycles. The molecule has 0 radical (unpaired) electrons. The molecule has 2 bridgehead atoms. The predicted octanol–water partition coefficient (Wildman–Crippen LogP) is 4.43. The van der Waals surface area contributed by atoms with Gasteiger partial charge < -0.3 is 0 Å². The first-order valence-electron chi connectivity index (χ1n) is 10.1. The number of amides is 2. The van der Waals surface area contributed by atoms with Crippen molar-refractivity contribution in [2.45, 2.75) is 24.7 Å². The molecule has 0 aromatic heterocycles. The molecule has 7 rings (SSSR count). The molecule has 142 valence electrons. The predicted molar refractivity (Wildman–Crippen MR) is 112 cm³/mol. The SMILES string of the molecule is CC12c3ccccc3C(C)(c3ccccc31)[C@@H]1C(=O)N(c3ccccc3)C(=O)[C@H]12. The summed E-state index contributed by atoms with van der Waals surface area (Å²) in [5, 5.41) is 0. The van der Waals surface area contributed by atoms with Gasteiger partial charge in [-0.2, -0.15) is 0 Å². The summed E-state index contributed by atoms with van der Waals surface area (Å²) in [6.07, 6.45) is 0. The number of imide groups is 1. The number of anilines is 1. The van der Waals surface area contributed by atoms with Gasteiger partial charge in [-0.05, 0) is 34.4 Å². The van der Waals surface area contributed by atoms with E-state index in [2.05, 4.69) is 38.1 Å². The monoisotopic (exact) mass is 379 g/mol. The minimum Gasteiger partial charge on any atom is -0.274 e. The van der Waals surface area contributed by atoms with Crippen LogP contribution in [0.4, 0.5) is 5.69 Å². The van der Waals surface area contributed by atoms with E-state index in [0.29, 0.717) is 5.69 Å². The van der Waals surface area contributed by atoms with Gasteiger partial charge in [-0.3, -0.25) is 9.59 Å². The van der Waals surface area contributed by atoms with Crippen molar-refractivity contribution in [2.24, 2.45) is 11.8 Å². The lowest BCUT2D eigenvalue weighted by Gasteiger charge is -2.57. The molecule has 1 aliphatic heterocycles. The molecule has 1 heterocycles. The van der Waals surface area contributed by atoms with Crippen molar-refractivity contribution in [3.63, 3.8) is 0 Å². The van der Waals surface area contributed by atoms with E-state index in [1.807, 2.05) is 54.6 Å². The van der Waals surface area contributed by atoms with Gasteiger partial charge in [0.25, 0.3) is 0 Å². The fourth-order valence-electron chi connectivity index (χ4n) is 6.40. The number of carbonyl (C=O) groups excluding carboxylic acids is 2. The molecule has 0 N–H and O–H groups in total. The Morgan fingerprint density at radius 3 is 1.31 bits per heavy atom. The molecule has 4 aliphatic rings. The summed E-state index contributed by atoms with van der Waals surface area (Å²) in [5.41, 5.74) is 4.34. The largest absolute Gasteiger partial charge is 0.274 e. The van der Waals surface area contributed by atoms with Crippen molar-refractivity contribution in [2.75, 3.05) is 4.90 Å². The summed E-state index contributed by atoms with van der Waals surface area (Å²) in [6.45, 7) is 4.31. The van der Waals surface area contributed by atoms with Crippen LogP contribution in [0.25, 0.3) is 0 Å². The van der Waals surface area contributed by atoms with Crippen molar-refractivity contribution >= 4 is 17.5 Å². The number of benzene rings is 3. The van der Waals surface area contributed by atoms with Gasteiger partial charge in [0.2, 0.25) is 11.8 Å². The maximum absolute atomic E-state index is 13.8. The van der Waals surface area contributed by atoms with E-state index in [0.717, 1.165) is 0 Å². The zero-order chi connectivity index (χ0) is 20.0. The van der Waals surface area contributed by atoms with E-state index in [9.17, 15) is 9.59 Å². The molecule has 2 atom stereocenters. The van der Waals surface area contributed by atoms with Gasteiger partial charge in [-0.25, -0.2) is 4.90 Å². The normalized spacial score (nSPS) is 31.4. The Hall–Kier alpha value is -3.20. The molecule has 29 heavy (non-hydrogen) atoms. The number of hydrogen-bond acceptors (Lipinski definition) is 2. The van der Waals surface area contributed by atoms with Crippen LogP contribution in [0.3, 0.4) is 0 Å². The molecule has 3 aromatic rings. The van der Waals surface area contributed by atoms with Crippen LogP contribution in [-0.4, -0.2) is 11.8 Å². The van der Waals surface area contributed by atoms with Crippen LogP contribution in [0.5, 0.6) is 0 Å². The lowest BCUT2D eigenvalue weighted by molar-refractivity contribution is -0.124. The molecule has 3 nitrogen and oxygen atoms in total. The summed E-state index contributed by atoms with van der Waals surface area (Å²) < 4.78 is 0. The van der Waals surface area contributed by atoms with Crippen LogP contribution in [0.2, 0.25) is 0 Å². The third-order valence-corrected chi connectivity index (χ3v) is 7.66. The van der Waals surface area contributed by atoms with Gasteiger partial charge >= 0.3 is 0 Å². The van der Waals surface area contributed by atoms with Gasteiger partial charge in [0.15, 0.2) is 0 Å². The van der Waals surface area contributed by atoms with Gasteiger partial charge in [0.1, 0.15) is 0 Å². The highest BCUT2D eigenvalue weighted by atomic mass is 16.2. The average molecular weight is 379 g/mol. The number of nitrogens with zero attached hydrogens (tertiary/aromatic N) is 1. The molecule has 3 aliphatic carbocycles. The molecule has 1 saturated heterocycles. The van der Waals surface area contributed by atoms with E-state index in [4.69, 9.17) is 0 Å². The first kappa shape index (κ1) is 16.7. The van der Waals surface area contributed by atoms with E-state index < -0.39 is 22.7 Å². The van der Waals surface area contributed by atoms with Crippen LogP contribution in [-0.2, 0) is 20.4 Å². The zero-order valence-electron chi connectivity index (χ0n) is 16.4. The standard InChI is InChI=1S/C26H21NO2/c1-25-17-12-6-8-14-19(17)26(2,20-15-9-7-13-18(20)25)22-21(25)23(28)27(24(22)29)16-10-4-3-5-11-16/h3-15,21-22H,1-2H3/t21-,22-,25?,26?/m0/s1. The highest BCUT2D eigenvalue weighted by molar-refractivity contribution is 6.24. The molecule has 3 heteroatoms. The fourth-order valence-corrected chi connectivity index (χ4v) is 6.40. The van der Waals surface area contributed by atoms with Gasteiger partial charge in [-0.1, -0.05) is 80.6 Å². The molecule has 0 unspecified atom stereocenters. The Labute approximate surface area is 170 Å². The second-order valence-corrected chi connectivity index (χ2v) is 8.80. The summed E-state index contributed by atoms with van der Waals surface area (Å²) >= 11 is 0. The van der Waals surface area contributed by atoms with E-state index in [-0.39, 0.29) is 11.8 Å². The second kappa shape index (κ2) is 5.24. The van der Waals surface area contributed by atoms with Crippen molar-refractivity contribution in [3.8, 4) is 0 Å². The Kier molecular flexibility index (Phi) is 3.02. The van der Waals surface area contributed by atoms with Crippen molar-refractivity contribution < 1.29 is 9.59 Å². The van der Waals surface area contributed by atoms with Gasteiger partial charge in [0, 0.05) is 10.8 Å². The molecular weight excluding hydrogens is 358 g/mol. The number of para-hydroxylation sites is 1. The number of carbonyl (C=O) groups is 2. The first-order chi connectivity index (χ1) is 14.0. The Balaban J connectivity index is 1.69. The van der Waals surface area contributed by atoms with Crippen molar-refractivity contribution in [3.05, 3.63) is 101 Å². The molecule has 1 fully saturated rings. The van der Waals surface area contributed by atoms with Crippen molar-refractivity contribution in [1.82, 2.24) is 0 Å². The van der Waals surface area contributed by atoms with Crippen LogP contribution in [0, 0.1) is 11.8 Å². The van der Waals surface area contributed by atoms with E-state index >= 15 is 0 Å². The minimum absolute atomic E-state index is 0.0797. The van der Waals surface area contributed by atoms with Crippen LogP contribution in [0.15, 0.2) is 78.9 Å². The molecular formula is C26H21NO2. The fraction of sp³-hybridized carbons (Fsp3) is 0.231. The zero-order valence-corrected chi connectivity index (χ0v) is 16.4. The summed E-state index contributed by atoms with van der Waals surface area (Å²) in [7, 11) is 0. The maximum atomic E-state index is 13.8. The van der Waals surface area contributed by atoms with E-state index in [1.54, 1.807) is 0 Å². The third-order valence-electron chi connectivity index (χ3n) is 7.66. The third kappa shape index (κ3) is 1.71. The topological polar surface area (TPSA) is 37.4 Å². The van der Waals surface area contributed by atoms with Gasteiger partial charge in [-0.15, -0.1) is 0 Å². The number of rotatable bonds is 1. The molecule has 2 amide bonds. The van der Waals surface area contributed by atoms with Crippen LogP contribution < -0.4 is 4.90 Å².